The van der Waals surface area contributed by atoms with Crippen molar-refractivity contribution in [3.8, 4) is 0 Å². The molecule has 2 heterocycles. The van der Waals surface area contributed by atoms with Gasteiger partial charge in [-0.1, -0.05) is 25.4 Å². The minimum Gasteiger partial charge on any atom is -0.370 e. The molecular formula is C15H21ClN4S. The molecule has 0 bridgehead atoms. The standard InChI is InChI=1S/C15H21ClN4S/c1-5-17-14-10(4)15(20-13(19-14)9(2)3)18-8-11-6-7-12(16)21-11/h6-7,9H,5,8H2,1-4H3,(H2,17,18,19,20). The Morgan fingerprint density at radius 2 is 1.86 bits per heavy atom. The third-order valence-corrected chi connectivity index (χ3v) is 4.31. The number of aromatic nitrogens is 2. The fourth-order valence-corrected chi connectivity index (χ4v) is 2.95. The van der Waals surface area contributed by atoms with Crippen LogP contribution >= 0.6 is 22.9 Å². The maximum atomic E-state index is 5.96. The Balaban J connectivity index is 2.23. The maximum Gasteiger partial charge on any atom is 0.135 e. The van der Waals surface area contributed by atoms with Crippen LogP contribution in [0.2, 0.25) is 4.34 Å². The summed E-state index contributed by atoms with van der Waals surface area (Å²) in [6.07, 6.45) is 0. The first kappa shape index (κ1) is 16.0. The second-order valence-electron chi connectivity index (χ2n) is 5.15. The first-order valence-electron chi connectivity index (χ1n) is 7.11. The molecule has 4 nitrogen and oxygen atoms in total. The lowest BCUT2D eigenvalue weighted by atomic mass is 10.2. The van der Waals surface area contributed by atoms with Crippen LogP contribution in [0, 0.1) is 6.92 Å². The average Bonchev–Trinajstić information content (AvgIpc) is 2.85. The molecule has 21 heavy (non-hydrogen) atoms. The predicted molar refractivity (Wildman–Crippen MR) is 91.7 cm³/mol. The highest BCUT2D eigenvalue weighted by molar-refractivity contribution is 7.16. The maximum absolute atomic E-state index is 5.96. The zero-order valence-electron chi connectivity index (χ0n) is 12.8. The molecule has 2 rings (SSSR count). The minimum absolute atomic E-state index is 0.291. The Bertz CT molecular complexity index is 610. The van der Waals surface area contributed by atoms with Crippen molar-refractivity contribution in [3.63, 3.8) is 0 Å². The zero-order chi connectivity index (χ0) is 15.4. The summed E-state index contributed by atoms with van der Waals surface area (Å²) in [5.74, 6) is 2.93. The van der Waals surface area contributed by atoms with E-state index >= 15 is 0 Å². The van der Waals surface area contributed by atoms with Gasteiger partial charge in [-0.2, -0.15) is 0 Å². The van der Waals surface area contributed by atoms with Crippen molar-refractivity contribution in [2.45, 2.75) is 40.2 Å². The van der Waals surface area contributed by atoms with Gasteiger partial charge in [0, 0.05) is 22.9 Å². The van der Waals surface area contributed by atoms with Crippen molar-refractivity contribution in [1.82, 2.24) is 9.97 Å². The topological polar surface area (TPSA) is 49.8 Å². The SMILES string of the molecule is CCNc1nc(C(C)C)nc(NCc2ccc(Cl)s2)c1C. The minimum atomic E-state index is 0.291. The van der Waals surface area contributed by atoms with Gasteiger partial charge < -0.3 is 10.6 Å². The lowest BCUT2D eigenvalue weighted by Crippen LogP contribution is -2.11. The Morgan fingerprint density at radius 3 is 2.38 bits per heavy atom. The quantitative estimate of drug-likeness (QED) is 0.811. The molecule has 0 unspecified atom stereocenters. The molecule has 2 aromatic rings. The van der Waals surface area contributed by atoms with Crippen molar-refractivity contribution in [1.29, 1.82) is 0 Å². The van der Waals surface area contributed by atoms with E-state index in [4.69, 9.17) is 11.6 Å². The molecule has 0 radical (unpaired) electrons. The van der Waals surface area contributed by atoms with Crippen molar-refractivity contribution in [2.24, 2.45) is 0 Å². The molecular weight excluding hydrogens is 304 g/mol. The molecule has 114 valence electrons. The van der Waals surface area contributed by atoms with Crippen molar-refractivity contribution in [2.75, 3.05) is 17.2 Å². The van der Waals surface area contributed by atoms with Gasteiger partial charge in [-0.25, -0.2) is 9.97 Å². The Kier molecular flexibility index (Phi) is 5.42. The van der Waals surface area contributed by atoms with E-state index in [1.807, 2.05) is 19.1 Å². The highest BCUT2D eigenvalue weighted by Crippen LogP contribution is 2.25. The summed E-state index contributed by atoms with van der Waals surface area (Å²) in [5.41, 5.74) is 1.05. The number of anilines is 2. The van der Waals surface area contributed by atoms with Gasteiger partial charge in [0.1, 0.15) is 17.5 Å². The number of thiophene rings is 1. The van der Waals surface area contributed by atoms with Gasteiger partial charge >= 0.3 is 0 Å². The van der Waals surface area contributed by atoms with Crippen LogP contribution < -0.4 is 10.6 Å². The van der Waals surface area contributed by atoms with Gasteiger partial charge in [0.05, 0.1) is 10.9 Å². The third kappa shape index (κ3) is 4.08. The number of nitrogens with zero attached hydrogens (tertiary/aromatic N) is 2. The van der Waals surface area contributed by atoms with Gasteiger partial charge in [-0.3, -0.25) is 0 Å². The van der Waals surface area contributed by atoms with Crippen molar-refractivity contribution in [3.05, 3.63) is 32.7 Å². The van der Waals surface area contributed by atoms with Gasteiger partial charge in [-0.15, -0.1) is 11.3 Å². The molecule has 2 aromatic heterocycles. The Morgan fingerprint density at radius 1 is 1.19 bits per heavy atom. The third-order valence-electron chi connectivity index (χ3n) is 3.08. The molecule has 0 saturated carbocycles. The highest BCUT2D eigenvalue weighted by Gasteiger charge is 2.12. The summed E-state index contributed by atoms with van der Waals surface area (Å²) in [7, 11) is 0. The van der Waals surface area contributed by atoms with Crippen LogP contribution in [0.15, 0.2) is 12.1 Å². The van der Waals surface area contributed by atoms with Gasteiger partial charge in [0.15, 0.2) is 0 Å². The largest absolute Gasteiger partial charge is 0.370 e. The summed E-state index contributed by atoms with van der Waals surface area (Å²) in [4.78, 5) is 10.4. The monoisotopic (exact) mass is 324 g/mol. The van der Waals surface area contributed by atoms with Crippen molar-refractivity contribution >= 4 is 34.6 Å². The smallest absolute Gasteiger partial charge is 0.135 e. The molecule has 0 spiro atoms. The lowest BCUT2D eigenvalue weighted by molar-refractivity contribution is 0.772. The molecule has 0 amide bonds. The molecule has 0 saturated heterocycles. The summed E-state index contributed by atoms with van der Waals surface area (Å²) in [6.45, 7) is 9.86. The summed E-state index contributed by atoms with van der Waals surface area (Å²) in [6, 6.07) is 3.95. The molecule has 0 fully saturated rings. The van der Waals surface area contributed by atoms with Crippen LogP contribution in [-0.4, -0.2) is 16.5 Å². The first-order chi connectivity index (χ1) is 10.0. The molecule has 0 aliphatic heterocycles. The number of hydrogen-bond acceptors (Lipinski definition) is 5. The Hall–Kier alpha value is -1.33. The van der Waals surface area contributed by atoms with Crippen LogP contribution in [0.4, 0.5) is 11.6 Å². The molecule has 0 atom stereocenters. The normalized spacial score (nSPS) is 11.0. The van der Waals surface area contributed by atoms with E-state index in [0.29, 0.717) is 5.92 Å². The first-order valence-corrected chi connectivity index (χ1v) is 8.31. The number of nitrogens with one attached hydrogen (secondary N) is 2. The second kappa shape index (κ2) is 7.09. The molecule has 0 aromatic carbocycles. The highest BCUT2D eigenvalue weighted by atomic mass is 35.5. The van der Waals surface area contributed by atoms with E-state index < -0.39 is 0 Å². The number of hydrogen-bond donors (Lipinski definition) is 2. The van der Waals surface area contributed by atoms with E-state index in [1.54, 1.807) is 11.3 Å². The van der Waals surface area contributed by atoms with Crippen LogP contribution in [0.5, 0.6) is 0 Å². The molecule has 6 heteroatoms. The van der Waals surface area contributed by atoms with Crippen LogP contribution in [0.25, 0.3) is 0 Å². The number of halogens is 1. The zero-order valence-corrected chi connectivity index (χ0v) is 14.4. The Labute approximate surface area is 135 Å². The van der Waals surface area contributed by atoms with E-state index in [-0.39, 0.29) is 0 Å². The van der Waals surface area contributed by atoms with E-state index in [1.165, 1.54) is 4.88 Å². The fraction of sp³-hybridized carbons (Fsp3) is 0.467. The predicted octanol–water partition coefficient (Wildman–Crippen LogP) is 4.67. The van der Waals surface area contributed by atoms with Crippen LogP contribution in [0.1, 0.15) is 43.0 Å². The van der Waals surface area contributed by atoms with Crippen molar-refractivity contribution < 1.29 is 0 Å². The molecule has 0 aliphatic rings. The van der Waals surface area contributed by atoms with Crippen LogP contribution in [0.3, 0.4) is 0 Å². The van der Waals surface area contributed by atoms with Crippen LogP contribution in [-0.2, 0) is 6.54 Å². The molecule has 2 N–H and O–H groups in total. The summed E-state index contributed by atoms with van der Waals surface area (Å²) < 4.78 is 0.808. The van der Waals surface area contributed by atoms with Gasteiger partial charge in [0.2, 0.25) is 0 Å². The number of rotatable bonds is 6. The van der Waals surface area contributed by atoms with E-state index in [9.17, 15) is 0 Å². The average molecular weight is 325 g/mol. The summed E-state index contributed by atoms with van der Waals surface area (Å²) >= 11 is 7.54. The van der Waals surface area contributed by atoms with Gasteiger partial charge in [-0.05, 0) is 26.0 Å². The fourth-order valence-electron chi connectivity index (χ4n) is 1.92. The lowest BCUT2D eigenvalue weighted by Gasteiger charge is -2.15. The van der Waals surface area contributed by atoms with Gasteiger partial charge in [0.25, 0.3) is 0 Å². The van der Waals surface area contributed by atoms with E-state index in [2.05, 4.69) is 41.4 Å². The second-order valence-corrected chi connectivity index (χ2v) is 6.95. The molecule has 0 aliphatic carbocycles. The summed E-state index contributed by atoms with van der Waals surface area (Å²) in [5, 5.41) is 6.70. The van der Waals surface area contributed by atoms with E-state index in [0.717, 1.165) is 40.4 Å².